The van der Waals surface area contributed by atoms with Crippen LogP contribution in [0.3, 0.4) is 0 Å². The normalized spacial score (nSPS) is 31.0. The van der Waals surface area contributed by atoms with E-state index in [1.807, 2.05) is 6.08 Å². The number of hydrogen-bond donors (Lipinski definition) is 0. The van der Waals surface area contributed by atoms with Gasteiger partial charge in [0.1, 0.15) is 0 Å². The van der Waals surface area contributed by atoms with E-state index in [0.717, 1.165) is 18.3 Å². The molecule has 0 aliphatic carbocycles. The molecular formula is C13H22N2. The summed E-state index contributed by atoms with van der Waals surface area (Å²) in [4.78, 5) is 5.05. The second kappa shape index (κ2) is 4.01. The Bertz CT molecular complexity index is 270. The van der Waals surface area contributed by atoms with Gasteiger partial charge in [0.15, 0.2) is 0 Å². The number of rotatable bonds is 3. The van der Waals surface area contributed by atoms with Crippen LogP contribution in [0.1, 0.15) is 26.7 Å². The molecule has 0 saturated carbocycles. The highest BCUT2D eigenvalue weighted by Crippen LogP contribution is 2.34. The van der Waals surface area contributed by atoms with Crippen LogP contribution in [0.15, 0.2) is 24.9 Å². The molecule has 2 saturated heterocycles. The van der Waals surface area contributed by atoms with Crippen molar-refractivity contribution in [1.82, 2.24) is 9.80 Å². The zero-order chi connectivity index (χ0) is 11.0. The van der Waals surface area contributed by atoms with Gasteiger partial charge in [0.05, 0.1) is 6.04 Å². The third-order valence-corrected chi connectivity index (χ3v) is 3.84. The van der Waals surface area contributed by atoms with Crippen LogP contribution in [0, 0.1) is 0 Å². The molecule has 2 aliphatic heterocycles. The number of allylic oxidation sites excluding steroid dienone is 1. The minimum Gasteiger partial charge on any atom is -0.366 e. The predicted octanol–water partition coefficient (Wildman–Crippen LogP) is 2.24. The number of nitrogens with zero attached hydrogens (tertiary/aromatic N) is 2. The Morgan fingerprint density at radius 2 is 2.13 bits per heavy atom. The molecule has 2 atom stereocenters. The summed E-state index contributed by atoms with van der Waals surface area (Å²) >= 11 is 0. The molecule has 2 rings (SSSR count). The van der Waals surface area contributed by atoms with Crippen LogP contribution >= 0.6 is 0 Å². The summed E-state index contributed by atoms with van der Waals surface area (Å²) < 4.78 is 0. The average molecular weight is 206 g/mol. The standard InChI is InChI=1S/C13H22N2/c1-5-11(4)14-8-6-7-12-13(14)9-15(12)10(2)3/h5,10,12-13H,1,4,6-9H2,2-3H3. The summed E-state index contributed by atoms with van der Waals surface area (Å²) in [5.41, 5.74) is 1.10. The molecule has 84 valence electrons. The maximum atomic E-state index is 4.07. The molecule has 0 aromatic heterocycles. The van der Waals surface area contributed by atoms with Crippen molar-refractivity contribution >= 4 is 0 Å². The van der Waals surface area contributed by atoms with Crippen LogP contribution in [0.4, 0.5) is 0 Å². The highest BCUT2D eigenvalue weighted by Gasteiger charge is 2.45. The largest absolute Gasteiger partial charge is 0.366 e. The van der Waals surface area contributed by atoms with Crippen LogP contribution in [0.25, 0.3) is 0 Å². The number of fused-ring (bicyclic) bond motifs is 1. The number of piperidine rings is 1. The van der Waals surface area contributed by atoms with E-state index >= 15 is 0 Å². The van der Waals surface area contributed by atoms with Gasteiger partial charge in [0.25, 0.3) is 0 Å². The Labute approximate surface area is 93.2 Å². The van der Waals surface area contributed by atoms with Gasteiger partial charge in [-0.2, -0.15) is 0 Å². The van der Waals surface area contributed by atoms with Gasteiger partial charge < -0.3 is 4.90 Å². The molecule has 0 radical (unpaired) electrons. The molecule has 0 N–H and O–H groups in total. The van der Waals surface area contributed by atoms with Crippen molar-refractivity contribution in [2.75, 3.05) is 13.1 Å². The fourth-order valence-electron chi connectivity index (χ4n) is 2.92. The fraction of sp³-hybridized carbons (Fsp3) is 0.692. The summed E-state index contributed by atoms with van der Waals surface area (Å²) in [6.07, 6.45) is 4.53. The first-order chi connectivity index (χ1) is 7.15. The summed E-state index contributed by atoms with van der Waals surface area (Å²) in [7, 11) is 0. The van der Waals surface area contributed by atoms with Gasteiger partial charge in [0, 0.05) is 30.9 Å². The maximum absolute atomic E-state index is 4.07. The van der Waals surface area contributed by atoms with E-state index in [9.17, 15) is 0 Å². The van der Waals surface area contributed by atoms with E-state index in [2.05, 4.69) is 36.8 Å². The van der Waals surface area contributed by atoms with Crippen molar-refractivity contribution in [2.45, 2.75) is 44.8 Å². The van der Waals surface area contributed by atoms with E-state index < -0.39 is 0 Å². The molecule has 2 fully saturated rings. The van der Waals surface area contributed by atoms with Crippen LogP contribution in [0.2, 0.25) is 0 Å². The van der Waals surface area contributed by atoms with E-state index in [1.165, 1.54) is 19.4 Å². The first-order valence-corrected chi connectivity index (χ1v) is 5.99. The zero-order valence-corrected chi connectivity index (χ0v) is 9.95. The average Bonchev–Trinajstić information content (AvgIpc) is 2.17. The third-order valence-electron chi connectivity index (χ3n) is 3.84. The van der Waals surface area contributed by atoms with Gasteiger partial charge in [-0.15, -0.1) is 0 Å². The zero-order valence-electron chi connectivity index (χ0n) is 9.95. The lowest BCUT2D eigenvalue weighted by Gasteiger charge is -2.58. The third kappa shape index (κ3) is 1.71. The van der Waals surface area contributed by atoms with Gasteiger partial charge >= 0.3 is 0 Å². The minimum absolute atomic E-state index is 0.684. The van der Waals surface area contributed by atoms with Crippen molar-refractivity contribution < 1.29 is 0 Å². The van der Waals surface area contributed by atoms with E-state index in [-0.39, 0.29) is 0 Å². The molecule has 2 heteroatoms. The highest BCUT2D eigenvalue weighted by molar-refractivity contribution is 5.16. The quantitative estimate of drug-likeness (QED) is 0.653. The topological polar surface area (TPSA) is 6.48 Å². The molecule has 0 aromatic carbocycles. The van der Waals surface area contributed by atoms with Crippen LogP contribution in [0.5, 0.6) is 0 Å². The van der Waals surface area contributed by atoms with Crippen molar-refractivity contribution in [3.63, 3.8) is 0 Å². The lowest BCUT2D eigenvalue weighted by Crippen LogP contribution is -2.69. The van der Waals surface area contributed by atoms with Crippen molar-refractivity contribution in [1.29, 1.82) is 0 Å². The molecule has 2 aliphatic rings. The monoisotopic (exact) mass is 206 g/mol. The second-order valence-electron chi connectivity index (χ2n) is 4.96. The van der Waals surface area contributed by atoms with Crippen molar-refractivity contribution in [3.05, 3.63) is 24.9 Å². The maximum Gasteiger partial charge on any atom is 0.0572 e. The van der Waals surface area contributed by atoms with Gasteiger partial charge in [-0.3, -0.25) is 4.90 Å². The lowest BCUT2D eigenvalue weighted by molar-refractivity contribution is -0.0597. The Balaban J connectivity index is 2.02. The summed E-state index contributed by atoms with van der Waals surface area (Å²) in [6.45, 7) is 14.8. The van der Waals surface area contributed by atoms with Gasteiger partial charge in [-0.25, -0.2) is 0 Å². The smallest absolute Gasteiger partial charge is 0.0572 e. The Morgan fingerprint density at radius 3 is 2.73 bits per heavy atom. The van der Waals surface area contributed by atoms with Crippen LogP contribution in [-0.4, -0.2) is 41.0 Å². The minimum atomic E-state index is 0.684. The first-order valence-electron chi connectivity index (χ1n) is 5.99. The summed E-state index contributed by atoms with van der Waals surface area (Å²) in [5.74, 6) is 0. The molecule has 0 aromatic rings. The first kappa shape index (κ1) is 10.7. The van der Waals surface area contributed by atoms with Gasteiger partial charge in [-0.1, -0.05) is 13.2 Å². The molecule has 0 spiro atoms. The van der Waals surface area contributed by atoms with Crippen LogP contribution in [-0.2, 0) is 0 Å². The number of likely N-dealkylation sites (tertiary alicyclic amines) is 2. The van der Waals surface area contributed by atoms with E-state index in [4.69, 9.17) is 0 Å². The SMILES string of the molecule is C=CC(=C)N1CCCC2C1CN2C(C)C. The molecule has 2 nitrogen and oxygen atoms in total. The second-order valence-corrected chi connectivity index (χ2v) is 4.96. The Morgan fingerprint density at radius 1 is 1.40 bits per heavy atom. The Kier molecular flexibility index (Phi) is 2.87. The molecular weight excluding hydrogens is 184 g/mol. The van der Waals surface area contributed by atoms with Crippen molar-refractivity contribution in [2.24, 2.45) is 0 Å². The molecule has 2 heterocycles. The molecule has 0 amide bonds. The fourth-order valence-corrected chi connectivity index (χ4v) is 2.92. The molecule has 2 unspecified atom stereocenters. The van der Waals surface area contributed by atoms with E-state index in [1.54, 1.807) is 0 Å². The lowest BCUT2D eigenvalue weighted by atomic mass is 9.85. The van der Waals surface area contributed by atoms with Crippen LogP contribution < -0.4 is 0 Å². The summed E-state index contributed by atoms with van der Waals surface area (Å²) in [6, 6.07) is 2.14. The van der Waals surface area contributed by atoms with Crippen molar-refractivity contribution in [3.8, 4) is 0 Å². The predicted molar refractivity (Wildman–Crippen MR) is 64.7 cm³/mol. The van der Waals surface area contributed by atoms with E-state index in [0.29, 0.717) is 12.1 Å². The molecule has 15 heavy (non-hydrogen) atoms. The van der Waals surface area contributed by atoms with Gasteiger partial charge in [-0.05, 0) is 32.8 Å². The summed E-state index contributed by atoms with van der Waals surface area (Å²) in [5, 5.41) is 0. The number of hydrogen-bond acceptors (Lipinski definition) is 2. The highest BCUT2D eigenvalue weighted by atomic mass is 15.4. The van der Waals surface area contributed by atoms with Gasteiger partial charge in [0.2, 0.25) is 0 Å². The Hall–Kier alpha value is -0.760. The molecule has 0 bridgehead atoms.